The number of rotatable bonds is 1. The van der Waals surface area contributed by atoms with Gasteiger partial charge in [0.2, 0.25) is 5.96 Å². The van der Waals surface area contributed by atoms with Gasteiger partial charge in [-0.2, -0.15) is 4.99 Å². The number of aliphatic hydroxyl groups is 1. The number of hydrogen-bond acceptors (Lipinski definition) is 4. The Morgan fingerprint density at radius 3 is 3.00 bits per heavy atom. The molecule has 1 amide bonds. The minimum atomic E-state index is -0.229. The average molecular weight is 195 g/mol. The van der Waals surface area contributed by atoms with Crippen molar-refractivity contribution in [1.29, 1.82) is 0 Å². The maximum atomic E-state index is 11.5. The molecule has 76 valence electrons. The van der Waals surface area contributed by atoms with Crippen molar-refractivity contribution in [3.05, 3.63) is 0 Å². The highest BCUT2D eigenvalue weighted by Crippen LogP contribution is 2.29. The first-order valence-corrected chi connectivity index (χ1v) is 4.77. The molecule has 1 fully saturated rings. The molecule has 0 radical (unpaired) electrons. The van der Waals surface area contributed by atoms with Crippen molar-refractivity contribution < 1.29 is 9.90 Å². The van der Waals surface area contributed by atoms with Gasteiger partial charge in [0, 0.05) is 12.3 Å². The molecule has 0 aromatic rings. The van der Waals surface area contributed by atoms with Crippen LogP contribution in [0.25, 0.3) is 0 Å². The van der Waals surface area contributed by atoms with Gasteiger partial charge in [-0.1, -0.05) is 0 Å². The second kappa shape index (κ2) is 3.49. The number of nitrogens with zero attached hydrogens (tertiary/aromatic N) is 2. The molecular weight excluding hydrogens is 182 g/mol. The zero-order valence-electron chi connectivity index (χ0n) is 7.81. The van der Waals surface area contributed by atoms with Gasteiger partial charge >= 0.3 is 0 Å². The van der Waals surface area contributed by atoms with Gasteiger partial charge in [0.1, 0.15) is 0 Å². The Hall–Kier alpha value is -1.23. The number of guanidine groups is 1. The average Bonchev–Trinajstić information content (AvgIpc) is 2.17. The van der Waals surface area contributed by atoms with Gasteiger partial charge in [-0.25, -0.2) is 4.99 Å². The zero-order chi connectivity index (χ0) is 10.1. The van der Waals surface area contributed by atoms with E-state index in [0.717, 1.165) is 18.6 Å². The van der Waals surface area contributed by atoms with Crippen LogP contribution in [0.4, 0.5) is 0 Å². The number of carbonyl (C=O) groups is 1. The first-order chi connectivity index (χ1) is 6.70. The van der Waals surface area contributed by atoms with Gasteiger partial charge in [0.15, 0.2) is 0 Å². The summed E-state index contributed by atoms with van der Waals surface area (Å²) >= 11 is 0. The molecule has 1 aliphatic carbocycles. The van der Waals surface area contributed by atoms with Crippen molar-refractivity contribution in [3.8, 4) is 0 Å². The Kier molecular flexibility index (Phi) is 2.33. The largest absolute Gasteiger partial charge is 0.396 e. The Bertz CT molecular complexity index is 322. The fourth-order valence-corrected chi connectivity index (χ4v) is 2.02. The Morgan fingerprint density at radius 2 is 2.29 bits per heavy atom. The van der Waals surface area contributed by atoms with Gasteiger partial charge in [-0.05, 0) is 25.2 Å². The van der Waals surface area contributed by atoms with Crippen LogP contribution in [0.3, 0.4) is 0 Å². The van der Waals surface area contributed by atoms with E-state index < -0.39 is 0 Å². The van der Waals surface area contributed by atoms with E-state index in [1.54, 1.807) is 0 Å². The third-order valence-electron chi connectivity index (χ3n) is 2.82. The molecular formula is C9H13N3O2. The molecule has 5 nitrogen and oxygen atoms in total. The maximum Gasteiger partial charge on any atom is 0.257 e. The summed E-state index contributed by atoms with van der Waals surface area (Å²) in [6.07, 6.45) is 2.29. The fourth-order valence-electron chi connectivity index (χ4n) is 2.02. The van der Waals surface area contributed by atoms with Gasteiger partial charge in [0.05, 0.1) is 5.92 Å². The minimum Gasteiger partial charge on any atom is -0.396 e. The van der Waals surface area contributed by atoms with Gasteiger partial charge < -0.3 is 10.8 Å². The van der Waals surface area contributed by atoms with E-state index in [9.17, 15) is 4.79 Å². The monoisotopic (exact) mass is 195 g/mol. The lowest BCUT2D eigenvalue weighted by atomic mass is 9.79. The highest BCUT2D eigenvalue weighted by atomic mass is 16.3. The summed E-state index contributed by atoms with van der Waals surface area (Å²) in [6.45, 7) is 0.135. The smallest absolute Gasteiger partial charge is 0.257 e. The van der Waals surface area contributed by atoms with Crippen molar-refractivity contribution in [2.75, 3.05) is 6.61 Å². The van der Waals surface area contributed by atoms with Crippen LogP contribution in [0.5, 0.6) is 0 Å². The summed E-state index contributed by atoms with van der Waals surface area (Å²) in [6, 6.07) is 0. The zero-order valence-corrected chi connectivity index (χ0v) is 7.81. The number of aliphatic imine (C=N–C) groups is 2. The molecule has 1 aliphatic heterocycles. The van der Waals surface area contributed by atoms with Crippen LogP contribution in [-0.4, -0.2) is 29.3 Å². The van der Waals surface area contributed by atoms with Crippen molar-refractivity contribution in [2.24, 2.45) is 27.6 Å². The van der Waals surface area contributed by atoms with Gasteiger partial charge in [0.25, 0.3) is 5.91 Å². The molecule has 5 heteroatoms. The summed E-state index contributed by atoms with van der Waals surface area (Å²) in [5, 5.41) is 9.01. The van der Waals surface area contributed by atoms with Gasteiger partial charge in [-0.3, -0.25) is 4.79 Å². The van der Waals surface area contributed by atoms with E-state index in [-0.39, 0.29) is 30.3 Å². The first-order valence-electron chi connectivity index (χ1n) is 4.77. The van der Waals surface area contributed by atoms with Gasteiger partial charge in [-0.15, -0.1) is 0 Å². The first kappa shape index (κ1) is 9.33. The van der Waals surface area contributed by atoms with Crippen molar-refractivity contribution >= 4 is 17.6 Å². The van der Waals surface area contributed by atoms with Crippen LogP contribution in [0.15, 0.2) is 9.98 Å². The molecule has 2 unspecified atom stereocenters. The predicted octanol–water partition coefficient (Wildman–Crippen LogP) is -0.309. The SMILES string of the molecule is NC1=NC(=O)C2CC(CO)CCC2=N1. The molecule has 1 saturated carbocycles. The molecule has 0 bridgehead atoms. The molecule has 2 aliphatic rings. The third kappa shape index (κ3) is 1.55. The van der Waals surface area contributed by atoms with Crippen LogP contribution in [0, 0.1) is 11.8 Å². The number of hydrogen-bond donors (Lipinski definition) is 2. The number of amides is 1. The standard InChI is InChI=1S/C9H13N3O2/c10-9-11-7-2-1-5(4-13)3-6(7)8(14)12-9/h5-6,13H,1-4H2,(H2,10,12,14). The second-order valence-corrected chi connectivity index (χ2v) is 3.79. The Labute approximate surface area is 81.7 Å². The summed E-state index contributed by atoms with van der Waals surface area (Å²) in [4.78, 5) is 19.2. The number of nitrogens with two attached hydrogens (primary N) is 1. The van der Waals surface area contributed by atoms with E-state index in [2.05, 4.69) is 9.98 Å². The molecule has 3 N–H and O–H groups in total. The van der Waals surface area contributed by atoms with Crippen LogP contribution in [-0.2, 0) is 4.79 Å². The van der Waals surface area contributed by atoms with Crippen molar-refractivity contribution in [3.63, 3.8) is 0 Å². The molecule has 14 heavy (non-hydrogen) atoms. The van der Waals surface area contributed by atoms with E-state index in [1.807, 2.05) is 0 Å². The van der Waals surface area contributed by atoms with Crippen molar-refractivity contribution in [2.45, 2.75) is 19.3 Å². The van der Waals surface area contributed by atoms with Crippen LogP contribution in [0.1, 0.15) is 19.3 Å². The van der Waals surface area contributed by atoms with Crippen LogP contribution in [0.2, 0.25) is 0 Å². The summed E-state index contributed by atoms with van der Waals surface area (Å²) in [7, 11) is 0. The highest BCUT2D eigenvalue weighted by Gasteiger charge is 2.34. The van der Waals surface area contributed by atoms with E-state index in [0.29, 0.717) is 6.42 Å². The molecule has 1 heterocycles. The number of carbonyl (C=O) groups excluding carboxylic acids is 1. The van der Waals surface area contributed by atoms with Crippen LogP contribution < -0.4 is 5.73 Å². The van der Waals surface area contributed by atoms with E-state index in [4.69, 9.17) is 10.8 Å². The molecule has 0 aromatic carbocycles. The highest BCUT2D eigenvalue weighted by molar-refractivity contribution is 6.15. The molecule has 2 atom stereocenters. The number of aliphatic hydroxyl groups excluding tert-OH is 1. The van der Waals surface area contributed by atoms with E-state index >= 15 is 0 Å². The molecule has 0 spiro atoms. The van der Waals surface area contributed by atoms with Crippen molar-refractivity contribution in [1.82, 2.24) is 0 Å². The molecule has 0 aromatic heterocycles. The molecule has 0 saturated heterocycles. The lowest BCUT2D eigenvalue weighted by Crippen LogP contribution is -2.36. The molecule has 2 rings (SSSR count). The minimum absolute atomic E-state index is 0.0729. The topological polar surface area (TPSA) is 88.0 Å². The number of fused-ring (bicyclic) bond motifs is 1. The summed E-state index contributed by atoms with van der Waals surface area (Å²) in [5.41, 5.74) is 6.23. The second-order valence-electron chi connectivity index (χ2n) is 3.79. The maximum absolute atomic E-state index is 11.5. The normalized spacial score (nSPS) is 31.9. The lowest BCUT2D eigenvalue weighted by molar-refractivity contribution is -0.120. The Morgan fingerprint density at radius 1 is 1.50 bits per heavy atom. The predicted molar refractivity (Wildman–Crippen MR) is 52.0 cm³/mol. The summed E-state index contributed by atoms with van der Waals surface area (Å²) in [5.74, 6) is -0.153. The fraction of sp³-hybridized carbons (Fsp3) is 0.667. The third-order valence-corrected chi connectivity index (χ3v) is 2.82. The Balaban J connectivity index is 2.18. The van der Waals surface area contributed by atoms with E-state index in [1.165, 1.54) is 0 Å². The quantitative estimate of drug-likeness (QED) is 0.601. The summed E-state index contributed by atoms with van der Waals surface area (Å²) < 4.78 is 0. The lowest BCUT2D eigenvalue weighted by Gasteiger charge is -2.29. The van der Waals surface area contributed by atoms with Crippen LogP contribution >= 0.6 is 0 Å².